The summed E-state index contributed by atoms with van der Waals surface area (Å²) in [6.45, 7) is 3.87. The quantitative estimate of drug-likeness (QED) is 0.881. The zero-order valence-electron chi connectivity index (χ0n) is 14.7. The second-order valence-corrected chi connectivity index (χ2v) is 7.41. The third kappa shape index (κ3) is 3.76. The summed E-state index contributed by atoms with van der Waals surface area (Å²) in [4.78, 5) is 15.3. The van der Waals surface area contributed by atoms with E-state index in [1.165, 1.54) is 0 Å². The normalized spacial score (nSPS) is 22.5. The summed E-state index contributed by atoms with van der Waals surface area (Å²) in [5, 5.41) is 10.7. The lowest BCUT2D eigenvalue weighted by molar-refractivity contribution is -0.127. The van der Waals surface area contributed by atoms with Gasteiger partial charge in [-0.1, -0.05) is 30.3 Å². The summed E-state index contributed by atoms with van der Waals surface area (Å²) >= 11 is 0. The number of nitrogens with one attached hydrogen (secondary N) is 2. The van der Waals surface area contributed by atoms with Gasteiger partial charge < -0.3 is 5.32 Å². The number of benzene rings is 1. The summed E-state index contributed by atoms with van der Waals surface area (Å²) in [5.74, 6) is 0.534. The van der Waals surface area contributed by atoms with Crippen molar-refractivity contribution in [3.8, 4) is 0 Å². The van der Waals surface area contributed by atoms with Gasteiger partial charge in [-0.05, 0) is 50.8 Å². The van der Waals surface area contributed by atoms with Crippen molar-refractivity contribution in [2.75, 3.05) is 13.1 Å². The summed E-state index contributed by atoms with van der Waals surface area (Å²) in [6, 6.07) is 12.5. The van der Waals surface area contributed by atoms with Gasteiger partial charge in [0.2, 0.25) is 5.91 Å². The van der Waals surface area contributed by atoms with Gasteiger partial charge in [0.1, 0.15) is 6.04 Å². The smallest absolute Gasteiger partial charge is 0.242 e. The van der Waals surface area contributed by atoms with Crippen LogP contribution in [0.4, 0.5) is 0 Å². The number of H-pyrrole nitrogens is 1. The van der Waals surface area contributed by atoms with Gasteiger partial charge in [0.15, 0.2) is 0 Å². The number of piperidine rings is 1. The molecule has 2 heterocycles. The van der Waals surface area contributed by atoms with Crippen molar-refractivity contribution in [1.82, 2.24) is 20.4 Å². The lowest BCUT2D eigenvalue weighted by Crippen LogP contribution is -2.45. The van der Waals surface area contributed by atoms with E-state index in [1.54, 1.807) is 0 Å². The first-order chi connectivity index (χ1) is 12.2. The van der Waals surface area contributed by atoms with Crippen LogP contribution in [-0.4, -0.2) is 40.1 Å². The van der Waals surface area contributed by atoms with E-state index in [0.717, 1.165) is 55.7 Å². The molecule has 2 aromatic rings. The number of amides is 1. The minimum absolute atomic E-state index is 0.146. The van der Waals surface area contributed by atoms with Crippen LogP contribution in [0.3, 0.4) is 0 Å². The Labute approximate surface area is 148 Å². The van der Waals surface area contributed by atoms with Crippen molar-refractivity contribution in [2.45, 2.75) is 50.6 Å². The predicted molar refractivity (Wildman–Crippen MR) is 97.2 cm³/mol. The van der Waals surface area contributed by atoms with Crippen molar-refractivity contribution in [1.29, 1.82) is 0 Å². The molecule has 5 nitrogen and oxygen atoms in total. The molecule has 5 heteroatoms. The zero-order valence-corrected chi connectivity index (χ0v) is 14.7. The van der Waals surface area contributed by atoms with Crippen LogP contribution in [0.5, 0.6) is 0 Å². The molecule has 1 aromatic heterocycles. The van der Waals surface area contributed by atoms with Crippen molar-refractivity contribution in [2.24, 2.45) is 0 Å². The molecule has 0 bridgehead atoms. The first kappa shape index (κ1) is 16.3. The molecule has 2 aliphatic rings. The topological polar surface area (TPSA) is 61.0 Å². The third-order valence-electron chi connectivity index (χ3n) is 5.25. The summed E-state index contributed by atoms with van der Waals surface area (Å²) in [7, 11) is 0. The highest BCUT2D eigenvalue weighted by molar-refractivity contribution is 5.83. The molecule has 2 N–H and O–H groups in total. The second kappa shape index (κ2) is 7.00. The number of nitrogens with zero attached hydrogens (tertiary/aromatic N) is 2. The molecule has 2 atom stereocenters. The molecule has 2 fully saturated rings. The van der Waals surface area contributed by atoms with Gasteiger partial charge in [-0.15, -0.1) is 0 Å². The van der Waals surface area contributed by atoms with E-state index in [2.05, 4.69) is 38.6 Å². The average molecular weight is 338 g/mol. The van der Waals surface area contributed by atoms with E-state index in [1.807, 2.05) is 25.1 Å². The van der Waals surface area contributed by atoms with Crippen molar-refractivity contribution in [3.05, 3.63) is 53.3 Å². The summed E-state index contributed by atoms with van der Waals surface area (Å²) in [6.07, 6.45) is 4.45. The third-order valence-corrected chi connectivity index (χ3v) is 5.25. The van der Waals surface area contributed by atoms with Crippen LogP contribution in [0.15, 0.2) is 36.4 Å². The maximum atomic E-state index is 13.0. The Morgan fingerprint density at radius 3 is 2.76 bits per heavy atom. The van der Waals surface area contributed by atoms with Gasteiger partial charge in [-0.2, -0.15) is 5.10 Å². The monoisotopic (exact) mass is 338 g/mol. The Morgan fingerprint density at radius 1 is 1.28 bits per heavy atom. The molecular weight excluding hydrogens is 312 g/mol. The van der Waals surface area contributed by atoms with Crippen molar-refractivity contribution < 1.29 is 4.79 Å². The van der Waals surface area contributed by atoms with Gasteiger partial charge in [0.25, 0.3) is 0 Å². The Bertz CT molecular complexity index is 722. The number of hydrogen-bond donors (Lipinski definition) is 2. The highest BCUT2D eigenvalue weighted by Gasteiger charge is 2.35. The molecule has 1 amide bonds. The highest BCUT2D eigenvalue weighted by Crippen LogP contribution is 2.32. The maximum Gasteiger partial charge on any atom is 0.242 e. The number of aromatic amines is 1. The van der Waals surface area contributed by atoms with Gasteiger partial charge in [-0.25, -0.2) is 0 Å². The maximum absolute atomic E-state index is 13.0. The number of likely N-dealkylation sites (tertiary alicyclic amines) is 1. The van der Waals surface area contributed by atoms with E-state index in [-0.39, 0.29) is 11.9 Å². The van der Waals surface area contributed by atoms with Crippen LogP contribution >= 0.6 is 0 Å². The Hall–Kier alpha value is -2.14. The lowest BCUT2D eigenvalue weighted by atomic mass is 9.92. The van der Waals surface area contributed by atoms with Crippen LogP contribution in [0.25, 0.3) is 0 Å². The molecule has 1 aliphatic carbocycles. The fourth-order valence-electron chi connectivity index (χ4n) is 3.80. The van der Waals surface area contributed by atoms with E-state index < -0.39 is 0 Å². The van der Waals surface area contributed by atoms with Gasteiger partial charge in [0, 0.05) is 24.2 Å². The minimum atomic E-state index is -0.204. The largest absolute Gasteiger partial charge is 0.352 e. The average Bonchev–Trinajstić information content (AvgIpc) is 3.33. The molecule has 25 heavy (non-hydrogen) atoms. The first-order valence-corrected chi connectivity index (χ1v) is 9.32. The fraction of sp³-hybridized carbons (Fsp3) is 0.500. The Kier molecular flexibility index (Phi) is 4.57. The number of aromatic nitrogens is 2. The van der Waals surface area contributed by atoms with Crippen molar-refractivity contribution >= 4 is 5.91 Å². The van der Waals surface area contributed by atoms with E-state index in [0.29, 0.717) is 12.0 Å². The van der Waals surface area contributed by atoms with Crippen LogP contribution in [-0.2, 0) is 4.79 Å². The lowest BCUT2D eigenvalue weighted by Gasteiger charge is -2.37. The molecule has 0 spiro atoms. The standard InChI is InChI=1S/C20H26N4O/c1-14-12-18(23-22-14)16-8-5-11-24(13-16)19(15-6-3-2-4-7-15)20(25)21-17-9-10-17/h2-4,6-7,12,16-17,19H,5,8-11,13H2,1H3,(H,21,25)(H,22,23)/t16-,19+/m1/s1. The van der Waals surface area contributed by atoms with Crippen LogP contribution in [0.2, 0.25) is 0 Å². The zero-order chi connectivity index (χ0) is 17.2. The van der Waals surface area contributed by atoms with Gasteiger partial charge in [-0.3, -0.25) is 14.8 Å². The highest BCUT2D eigenvalue weighted by atomic mass is 16.2. The number of rotatable bonds is 5. The molecular formula is C20H26N4O. The molecule has 1 saturated carbocycles. The molecule has 1 aromatic carbocycles. The molecule has 1 saturated heterocycles. The van der Waals surface area contributed by atoms with E-state index >= 15 is 0 Å². The minimum Gasteiger partial charge on any atom is -0.352 e. The van der Waals surface area contributed by atoms with Gasteiger partial charge in [0.05, 0.1) is 5.69 Å². The van der Waals surface area contributed by atoms with E-state index in [4.69, 9.17) is 0 Å². The van der Waals surface area contributed by atoms with E-state index in [9.17, 15) is 4.79 Å². The van der Waals surface area contributed by atoms with Gasteiger partial charge >= 0.3 is 0 Å². The Balaban J connectivity index is 1.56. The van der Waals surface area contributed by atoms with Crippen molar-refractivity contribution in [3.63, 3.8) is 0 Å². The van der Waals surface area contributed by atoms with Crippen LogP contribution < -0.4 is 5.32 Å². The molecule has 0 unspecified atom stereocenters. The number of carbonyl (C=O) groups is 1. The summed E-state index contributed by atoms with van der Waals surface area (Å²) < 4.78 is 0. The number of carbonyl (C=O) groups excluding carboxylic acids is 1. The fourth-order valence-corrected chi connectivity index (χ4v) is 3.80. The number of aryl methyl sites for hydroxylation is 1. The van der Waals surface area contributed by atoms with Crippen LogP contribution in [0, 0.1) is 6.92 Å². The summed E-state index contributed by atoms with van der Waals surface area (Å²) in [5.41, 5.74) is 3.30. The SMILES string of the molecule is Cc1cc([C@@H]2CCCN([C@H](C(=O)NC3CC3)c3ccccc3)C2)n[nH]1. The molecule has 1 aliphatic heterocycles. The molecule has 0 radical (unpaired) electrons. The Morgan fingerprint density at radius 2 is 2.08 bits per heavy atom. The number of hydrogen-bond acceptors (Lipinski definition) is 3. The van der Waals surface area contributed by atoms with Crippen LogP contribution in [0.1, 0.15) is 54.6 Å². The first-order valence-electron chi connectivity index (χ1n) is 9.32. The second-order valence-electron chi connectivity index (χ2n) is 7.41. The predicted octanol–water partition coefficient (Wildman–Crippen LogP) is 2.92. The molecule has 4 rings (SSSR count). The molecule has 132 valence electrons.